The van der Waals surface area contributed by atoms with Gasteiger partial charge in [-0.2, -0.15) is 0 Å². The first-order valence-corrected chi connectivity index (χ1v) is 10.2. The zero-order valence-electron chi connectivity index (χ0n) is 15.5. The van der Waals surface area contributed by atoms with Crippen LogP contribution >= 0.6 is 23.2 Å². The minimum absolute atomic E-state index is 0.0594. The first-order chi connectivity index (χ1) is 12.9. The molecule has 1 aliphatic heterocycles. The molecule has 5 nitrogen and oxygen atoms in total. The van der Waals surface area contributed by atoms with Crippen LogP contribution in [-0.4, -0.2) is 38.1 Å². The molecular formula is C20H26Cl2N2O3. The second-order valence-electron chi connectivity index (χ2n) is 7.65. The number of hydrogen-bond donors (Lipinski definition) is 2. The summed E-state index contributed by atoms with van der Waals surface area (Å²) in [7, 11) is 0. The van der Waals surface area contributed by atoms with E-state index in [-0.39, 0.29) is 29.6 Å². The van der Waals surface area contributed by atoms with Crippen molar-refractivity contribution in [3.05, 3.63) is 33.8 Å². The predicted molar refractivity (Wildman–Crippen MR) is 106 cm³/mol. The third-order valence-electron chi connectivity index (χ3n) is 5.67. The van der Waals surface area contributed by atoms with Gasteiger partial charge in [0.05, 0.1) is 0 Å². The molecule has 1 aromatic carbocycles. The molecule has 1 saturated carbocycles. The van der Waals surface area contributed by atoms with Crippen LogP contribution in [0.15, 0.2) is 18.2 Å². The molecule has 148 valence electrons. The van der Waals surface area contributed by atoms with E-state index in [9.17, 15) is 9.59 Å². The zero-order chi connectivity index (χ0) is 19.4. The van der Waals surface area contributed by atoms with Crippen LogP contribution in [0, 0.1) is 11.8 Å². The van der Waals surface area contributed by atoms with E-state index in [2.05, 4.69) is 17.6 Å². The van der Waals surface area contributed by atoms with Gasteiger partial charge in [-0.3, -0.25) is 9.59 Å². The molecule has 3 rings (SSSR count). The van der Waals surface area contributed by atoms with E-state index < -0.39 is 0 Å². The van der Waals surface area contributed by atoms with E-state index in [4.69, 9.17) is 27.9 Å². The van der Waals surface area contributed by atoms with Gasteiger partial charge >= 0.3 is 0 Å². The van der Waals surface area contributed by atoms with Gasteiger partial charge in [0.1, 0.15) is 0 Å². The van der Waals surface area contributed by atoms with Gasteiger partial charge in [-0.15, -0.1) is 0 Å². The van der Waals surface area contributed by atoms with Crippen molar-refractivity contribution in [1.29, 1.82) is 0 Å². The summed E-state index contributed by atoms with van der Waals surface area (Å²) in [5.74, 6) is 0.584. The Morgan fingerprint density at radius 2 is 1.93 bits per heavy atom. The van der Waals surface area contributed by atoms with Crippen molar-refractivity contribution in [1.82, 2.24) is 10.6 Å². The van der Waals surface area contributed by atoms with Gasteiger partial charge in [-0.25, -0.2) is 0 Å². The van der Waals surface area contributed by atoms with E-state index in [0.29, 0.717) is 42.3 Å². The fourth-order valence-electron chi connectivity index (χ4n) is 3.70. The van der Waals surface area contributed by atoms with E-state index in [1.165, 1.54) is 0 Å². The van der Waals surface area contributed by atoms with Crippen molar-refractivity contribution in [2.24, 2.45) is 11.8 Å². The Kier molecular flexibility index (Phi) is 6.66. The van der Waals surface area contributed by atoms with Crippen LogP contribution in [-0.2, 0) is 19.7 Å². The Labute approximate surface area is 170 Å². The minimum atomic E-state index is -0.262. The second-order valence-corrected chi connectivity index (χ2v) is 8.50. The van der Waals surface area contributed by atoms with Gasteiger partial charge in [0.25, 0.3) is 0 Å². The van der Waals surface area contributed by atoms with Crippen LogP contribution in [0.4, 0.5) is 0 Å². The topological polar surface area (TPSA) is 67.4 Å². The van der Waals surface area contributed by atoms with E-state index in [1.54, 1.807) is 6.07 Å². The van der Waals surface area contributed by atoms with E-state index in [0.717, 1.165) is 24.8 Å². The number of carbonyl (C=O) groups is 2. The minimum Gasteiger partial charge on any atom is -0.381 e. The lowest BCUT2D eigenvalue weighted by molar-refractivity contribution is -0.123. The number of amides is 2. The number of benzene rings is 1. The van der Waals surface area contributed by atoms with Gasteiger partial charge in [-0.05, 0) is 42.9 Å². The Bertz CT molecular complexity index is 704. The lowest BCUT2D eigenvalue weighted by atomic mass is 9.74. The summed E-state index contributed by atoms with van der Waals surface area (Å²) in [4.78, 5) is 24.1. The van der Waals surface area contributed by atoms with Crippen LogP contribution < -0.4 is 10.6 Å². The van der Waals surface area contributed by atoms with Crippen LogP contribution in [0.25, 0.3) is 0 Å². The Morgan fingerprint density at radius 1 is 1.22 bits per heavy atom. The van der Waals surface area contributed by atoms with Crippen molar-refractivity contribution >= 4 is 35.0 Å². The van der Waals surface area contributed by atoms with Crippen molar-refractivity contribution in [2.45, 2.75) is 38.0 Å². The molecule has 0 spiro atoms. The number of ether oxygens (including phenoxy) is 1. The van der Waals surface area contributed by atoms with Crippen molar-refractivity contribution < 1.29 is 14.3 Å². The summed E-state index contributed by atoms with van der Waals surface area (Å²) < 4.78 is 5.52. The average molecular weight is 413 g/mol. The third-order valence-corrected chi connectivity index (χ3v) is 6.22. The van der Waals surface area contributed by atoms with Crippen LogP contribution in [0.2, 0.25) is 10.0 Å². The fourth-order valence-corrected chi connectivity index (χ4v) is 4.31. The molecule has 2 atom stereocenters. The molecule has 7 heteroatoms. The maximum Gasteiger partial charge on any atom is 0.223 e. The molecule has 2 fully saturated rings. The van der Waals surface area contributed by atoms with Gasteiger partial charge in [-0.1, -0.05) is 36.2 Å². The molecule has 2 aliphatic rings. The van der Waals surface area contributed by atoms with Crippen LogP contribution in [0.1, 0.15) is 38.2 Å². The number of carbonyl (C=O) groups excluding carboxylic acids is 2. The largest absolute Gasteiger partial charge is 0.381 e. The number of hydrogen-bond acceptors (Lipinski definition) is 3. The highest BCUT2D eigenvalue weighted by atomic mass is 35.5. The monoisotopic (exact) mass is 412 g/mol. The summed E-state index contributed by atoms with van der Waals surface area (Å²) >= 11 is 12.5. The highest BCUT2D eigenvalue weighted by molar-refractivity contribution is 6.35. The molecule has 1 heterocycles. The van der Waals surface area contributed by atoms with Gasteiger partial charge in [0, 0.05) is 54.1 Å². The van der Waals surface area contributed by atoms with Crippen molar-refractivity contribution in [2.75, 3.05) is 26.3 Å². The molecule has 0 radical (unpaired) electrons. The molecule has 1 saturated heterocycles. The number of nitrogens with one attached hydrogen (secondary N) is 2. The SMILES string of the molecule is C[C@H]1C[C@H]1C(=O)NCCC(=O)NCC1(c2ccc(Cl)cc2Cl)CCOCC1. The smallest absolute Gasteiger partial charge is 0.223 e. The van der Waals surface area contributed by atoms with Crippen molar-refractivity contribution in [3.8, 4) is 0 Å². The normalized spacial score (nSPS) is 23.5. The number of halogens is 2. The Hall–Kier alpha value is -1.30. The van der Waals surface area contributed by atoms with Gasteiger partial charge in [0.15, 0.2) is 0 Å². The molecule has 1 aliphatic carbocycles. The zero-order valence-corrected chi connectivity index (χ0v) is 17.0. The van der Waals surface area contributed by atoms with Gasteiger partial charge < -0.3 is 15.4 Å². The van der Waals surface area contributed by atoms with Crippen LogP contribution in [0.3, 0.4) is 0 Å². The summed E-state index contributed by atoms with van der Waals surface area (Å²) in [5, 5.41) is 7.08. The molecule has 2 amide bonds. The summed E-state index contributed by atoms with van der Waals surface area (Å²) in [6.45, 7) is 4.18. The lowest BCUT2D eigenvalue weighted by Gasteiger charge is -2.38. The Balaban J connectivity index is 1.55. The molecule has 0 unspecified atom stereocenters. The molecule has 27 heavy (non-hydrogen) atoms. The highest BCUT2D eigenvalue weighted by Gasteiger charge is 2.39. The second kappa shape index (κ2) is 8.80. The highest BCUT2D eigenvalue weighted by Crippen LogP contribution is 2.39. The molecule has 0 bridgehead atoms. The summed E-state index contributed by atoms with van der Waals surface area (Å²) in [6.07, 6.45) is 2.79. The van der Waals surface area contributed by atoms with Crippen LogP contribution in [0.5, 0.6) is 0 Å². The van der Waals surface area contributed by atoms with Crippen molar-refractivity contribution in [3.63, 3.8) is 0 Å². The molecular weight excluding hydrogens is 387 g/mol. The quantitative estimate of drug-likeness (QED) is 0.721. The maximum atomic E-state index is 12.3. The van der Waals surface area contributed by atoms with E-state index in [1.807, 2.05) is 12.1 Å². The first kappa shape index (κ1) is 20.4. The Morgan fingerprint density at radius 3 is 2.56 bits per heavy atom. The lowest BCUT2D eigenvalue weighted by Crippen LogP contribution is -2.45. The average Bonchev–Trinajstić information content (AvgIpc) is 3.37. The standard InChI is InChI=1S/C20H26Cl2N2O3/c1-13-10-15(13)19(26)23-7-4-18(25)24-12-20(5-8-27-9-6-20)16-3-2-14(21)11-17(16)22/h2-3,11,13,15H,4-10,12H2,1H3,(H,23,26)(H,24,25)/t13-,15+/m0/s1. The molecule has 2 N–H and O–H groups in total. The summed E-state index contributed by atoms with van der Waals surface area (Å²) in [6, 6.07) is 5.52. The summed E-state index contributed by atoms with van der Waals surface area (Å²) in [5.41, 5.74) is 0.732. The third kappa shape index (κ3) is 5.15. The maximum absolute atomic E-state index is 12.3. The number of rotatable bonds is 7. The molecule has 0 aromatic heterocycles. The first-order valence-electron chi connectivity index (χ1n) is 9.49. The van der Waals surface area contributed by atoms with E-state index >= 15 is 0 Å². The fraction of sp³-hybridized carbons (Fsp3) is 0.600. The predicted octanol–water partition coefficient (Wildman–Crippen LogP) is 3.32. The molecule has 1 aromatic rings. The van der Waals surface area contributed by atoms with Gasteiger partial charge in [0.2, 0.25) is 11.8 Å².